The number of carbonyl (C=O) groups is 2. The monoisotopic (exact) mass is 374 g/mol. The smallest absolute Gasteiger partial charge is 0.333 e. The summed E-state index contributed by atoms with van der Waals surface area (Å²) in [7, 11) is 0. The van der Waals surface area contributed by atoms with Crippen molar-refractivity contribution in [2.75, 3.05) is 6.61 Å². The maximum Gasteiger partial charge on any atom is 0.333 e. The van der Waals surface area contributed by atoms with E-state index in [1.807, 2.05) is 0 Å². The third-order valence-corrected chi connectivity index (χ3v) is 8.05. The van der Waals surface area contributed by atoms with Gasteiger partial charge in [-0.1, -0.05) is 6.58 Å². The Bertz CT molecular complexity index is 651. The van der Waals surface area contributed by atoms with Crippen LogP contribution in [0.3, 0.4) is 0 Å². The van der Waals surface area contributed by atoms with Gasteiger partial charge in [0.25, 0.3) is 0 Å². The molecule has 5 heteroatoms. The van der Waals surface area contributed by atoms with E-state index in [4.69, 9.17) is 14.2 Å². The lowest BCUT2D eigenvalue weighted by atomic mass is 9.67. The molecule has 5 aliphatic rings. The zero-order valence-corrected chi connectivity index (χ0v) is 16.1. The second-order valence-corrected chi connectivity index (χ2v) is 9.51. The van der Waals surface area contributed by atoms with Gasteiger partial charge in [0, 0.05) is 12.0 Å². The highest BCUT2D eigenvalue weighted by molar-refractivity contribution is 5.87. The van der Waals surface area contributed by atoms with Crippen molar-refractivity contribution in [1.29, 1.82) is 0 Å². The molecule has 1 aliphatic heterocycles. The molecule has 0 aromatic heterocycles. The number of fused-ring (bicyclic) bond motifs is 9. The minimum atomic E-state index is -0.327. The maximum absolute atomic E-state index is 12.8. The Balaban J connectivity index is 1.23. The number of esters is 2. The summed E-state index contributed by atoms with van der Waals surface area (Å²) in [5.74, 6) is 3.16. The molecule has 9 atom stereocenters. The van der Waals surface area contributed by atoms with Crippen LogP contribution in [-0.2, 0) is 23.8 Å². The summed E-state index contributed by atoms with van der Waals surface area (Å²) in [6, 6.07) is 0. The zero-order chi connectivity index (χ0) is 18.7. The highest BCUT2D eigenvalue weighted by atomic mass is 16.7. The van der Waals surface area contributed by atoms with Crippen molar-refractivity contribution in [3.05, 3.63) is 12.2 Å². The van der Waals surface area contributed by atoms with Crippen LogP contribution in [0.25, 0.3) is 0 Å². The Hall–Kier alpha value is -1.36. The second kappa shape index (κ2) is 6.61. The van der Waals surface area contributed by atoms with Gasteiger partial charge in [0.1, 0.15) is 6.10 Å². The van der Waals surface area contributed by atoms with Crippen LogP contribution in [0.1, 0.15) is 51.9 Å². The molecule has 4 saturated carbocycles. The molecule has 148 valence electrons. The molecular weight excluding hydrogens is 344 g/mol. The SMILES string of the molecule is C=C(C)C(=O)OC1CC2CC1C1C3CC(C(=O)OC4CCCCO4)C(C3)C21. The van der Waals surface area contributed by atoms with Crippen molar-refractivity contribution in [2.24, 2.45) is 41.4 Å². The standard InChI is InChI=1S/C22H30O5/c1-11(2)21(23)26-17-10-13-9-16(17)20-12-7-14(19(13)20)15(8-12)22(24)27-18-5-3-4-6-25-18/h12-20H,1,3-10H2,2H3. The number of carbonyl (C=O) groups excluding carboxylic acids is 2. The fourth-order valence-electron chi connectivity index (χ4n) is 7.20. The van der Waals surface area contributed by atoms with E-state index in [1.165, 1.54) is 0 Å². The fraction of sp³-hybridized carbons (Fsp3) is 0.818. The average Bonchev–Trinajstić information content (AvgIpc) is 3.40. The summed E-state index contributed by atoms with van der Waals surface area (Å²) in [5.41, 5.74) is 0.481. The summed E-state index contributed by atoms with van der Waals surface area (Å²) in [5, 5.41) is 0. The maximum atomic E-state index is 12.8. The van der Waals surface area contributed by atoms with Crippen molar-refractivity contribution in [1.82, 2.24) is 0 Å². The first-order chi connectivity index (χ1) is 13.0. The van der Waals surface area contributed by atoms with E-state index in [2.05, 4.69) is 6.58 Å². The lowest BCUT2D eigenvalue weighted by Gasteiger charge is -2.40. The first-order valence-corrected chi connectivity index (χ1v) is 10.7. The van der Waals surface area contributed by atoms with E-state index in [0.29, 0.717) is 47.7 Å². The Labute approximate surface area is 160 Å². The van der Waals surface area contributed by atoms with Gasteiger partial charge in [-0.15, -0.1) is 0 Å². The van der Waals surface area contributed by atoms with E-state index in [0.717, 1.165) is 44.9 Å². The van der Waals surface area contributed by atoms with Gasteiger partial charge in [-0.2, -0.15) is 0 Å². The average molecular weight is 374 g/mol. The molecule has 4 aliphatic carbocycles. The molecule has 1 heterocycles. The van der Waals surface area contributed by atoms with Crippen LogP contribution >= 0.6 is 0 Å². The number of hydrogen-bond acceptors (Lipinski definition) is 5. The van der Waals surface area contributed by atoms with Crippen molar-refractivity contribution < 1.29 is 23.8 Å². The number of rotatable bonds is 4. The molecule has 27 heavy (non-hydrogen) atoms. The first-order valence-electron chi connectivity index (χ1n) is 10.7. The van der Waals surface area contributed by atoms with Crippen LogP contribution in [0, 0.1) is 41.4 Å². The number of ether oxygens (including phenoxy) is 3. The Morgan fingerprint density at radius 2 is 1.70 bits per heavy atom. The van der Waals surface area contributed by atoms with E-state index in [9.17, 15) is 9.59 Å². The highest BCUT2D eigenvalue weighted by Gasteiger charge is 2.66. The summed E-state index contributed by atoms with van der Waals surface area (Å²) < 4.78 is 17.1. The predicted molar refractivity (Wildman–Crippen MR) is 97.3 cm³/mol. The van der Waals surface area contributed by atoms with E-state index >= 15 is 0 Å². The van der Waals surface area contributed by atoms with Gasteiger partial charge in [-0.3, -0.25) is 4.79 Å². The van der Waals surface area contributed by atoms with Crippen LogP contribution in [0.4, 0.5) is 0 Å². The molecule has 5 fully saturated rings. The van der Waals surface area contributed by atoms with Gasteiger partial charge in [0.2, 0.25) is 6.29 Å². The largest absolute Gasteiger partial charge is 0.459 e. The van der Waals surface area contributed by atoms with Gasteiger partial charge in [0.15, 0.2) is 0 Å². The molecule has 0 aromatic rings. The summed E-state index contributed by atoms with van der Waals surface area (Å²) in [6.45, 7) is 6.12. The summed E-state index contributed by atoms with van der Waals surface area (Å²) in [4.78, 5) is 24.8. The van der Waals surface area contributed by atoms with E-state index in [1.54, 1.807) is 6.92 Å². The quantitative estimate of drug-likeness (QED) is 0.428. The molecule has 0 amide bonds. The topological polar surface area (TPSA) is 61.8 Å². The van der Waals surface area contributed by atoms with Crippen LogP contribution in [0.2, 0.25) is 0 Å². The lowest BCUT2D eigenvalue weighted by Crippen LogP contribution is -2.42. The molecular formula is C22H30O5. The second-order valence-electron chi connectivity index (χ2n) is 9.51. The molecule has 0 N–H and O–H groups in total. The van der Waals surface area contributed by atoms with Crippen molar-refractivity contribution in [3.8, 4) is 0 Å². The molecule has 1 saturated heterocycles. The lowest BCUT2D eigenvalue weighted by molar-refractivity contribution is -0.194. The van der Waals surface area contributed by atoms with Gasteiger partial charge in [-0.05, 0) is 81.0 Å². The normalized spacial score (nSPS) is 46.9. The summed E-state index contributed by atoms with van der Waals surface area (Å²) >= 11 is 0. The van der Waals surface area contributed by atoms with Crippen molar-refractivity contribution in [2.45, 2.75) is 64.3 Å². The minimum absolute atomic E-state index is 0.0270. The first kappa shape index (κ1) is 17.7. The van der Waals surface area contributed by atoms with E-state index < -0.39 is 0 Å². The van der Waals surface area contributed by atoms with Gasteiger partial charge >= 0.3 is 11.9 Å². The van der Waals surface area contributed by atoms with Gasteiger partial charge in [-0.25, -0.2) is 4.79 Å². The molecule has 9 unspecified atom stereocenters. The molecule has 0 radical (unpaired) electrons. The third kappa shape index (κ3) is 2.84. The molecule has 5 nitrogen and oxygen atoms in total. The minimum Gasteiger partial charge on any atom is -0.459 e. The molecule has 0 aromatic carbocycles. The van der Waals surface area contributed by atoms with Crippen LogP contribution in [-0.4, -0.2) is 30.9 Å². The predicted octanol–water partition coefficient (Wildman–Crippen LogP) is 3.47. The Kier molecular flexibility index (Phi) is 4.34. The molecule has 5 rings (SSSR count). The van der Waals surface area contributed by atoms with E-state index in [-0.39, 0.29) is 30.3 Å². The van der Waals surface area contributed by atoms with Crippen molar-refractivity contribution >= 4 is 11.9 Å². The van der Waals surface area contributed by atoms with Crippen LogP contribution < -0.4 is 0 Å². The van der Waals surface area contributed by atoms with Gasteiger partial charge < -0.3 is 14.2 Å². The van der Waals surface area contributed by atoms with Crippen LogP contribution in [0.5, 0.6) is 0 Å². The molecule has 4 bridgehead atoms. The Morgan fingerprint density at radius 3 is 2.44 bits per heavy atom. The molecule has 0 spiro atoms. The summed E-state index contributed by atoms with van der Waals surface area (Å²) in [6.07, 6.45) is 6.91. The van der Waals surface area contributed by atoms with Crippen LogP contribution in [0.15, 0.2) is 12.2 Å². The third-order valence-electron chi connectivity index (χ3n) is 8.05. The number of hydrogen-bond donors (Lipinski definition) is 0. The van der Waals surface area contributed by atoms with Crippen molar-refractivity contribution in [3.63, 3.8) is 0 Å². The van der Waals surface area contributed by atoms with Gasteiger partial charge in [0.05, 0.1) is 12.5 Å². The highest BCUT2D eigenvalue weighted by Crippen LogP contribution is 2.69. The Morgan fingerprint density at radius 1 is 0.963 bits per heavy atom. The fourth-order valence-corrected chi connectivity index (χ4v) is 7.20. The zero-order valence-electron chi connectivity index (χ0n) is 16.1.